The summed E-state index contributed by atoms with van der Waals surface area (Å²) in [6.45, 7) is 8.20. The summed E-state index contributed by atoms with van der Waals surface area (Å²) < 4.78 is 1.12. The van der Waals surface area contributed by atoms with Gasteiger partial charge in [0.15, 0.2) is 5.13 Å². The fourth-order valence-electron chi connectivity index (χ4n) is 2.75. The van der Waals surface area contributed by atoms with Crippen LogP contribution in [-0.2, 0) is 11.2 Å². The fraction of sp³-hybridized carbons (Fsp3) is 0.263. The highest BCUT2D eigenvalue weighted by Crippen LogP contribution is 2.29. The number of hydrogen-bond acceptors (Lipinski definition) is 3. The van der Waals surface area contributed by atoms with Gasteiger partial charge in [-0.2, -0.15) is 0 Å². The Morgan fingerprint density at radius 1 is 1.04 bits per heavy atom. The summed E-state index contributed by atoms with van der Waals surface area (Å²) in [5.41, 5.74) is 6.71. The molecular weight excluding hydrogens is 304 g/mol. The minimum absolute atomic E-state index is 0.0212. The molecule has 118 valence electrons. The van der Waals surface area contributed by atoms with Crippen molar-refractivity contribution in [3.63, 3.8) is 0 Å². The SMILES string of the molecule is Cc1ccc(C)c(CC(=O)Nc2nc3c(C)cc(C)cc3s2)c1. The van der Waals surface area contributed by atoms with Crippen LogP contribution in [0.3, 0.4) is 0 Å². The van der Waals surface area contributed by atoms with Crippen molar-refractivity contribution in [3.8, 4) is 0 Å². The molecule has 3 nitrogen and oxygen atoms in total. The first-order valence-corrected chi connectivity index (χ1v) is 8.48. The number of hydrogen-bond donors (Lipinski definition) is 1. The van der Waals surface area contributed by atoms with Gasteiger partial charge in [0.05, 0.1) is 16.6 Å². The Morgan fingerprint density at radius 3 is 2.61 bits per heavy atom. The summed E-state index contributed by atoms with van der Waals surface area (Å²) in [4.78, 5) is 16.9. The highest BCUT2D eigenvalue weighted by atomic mass is 32.1. The van der Waals surface area contributed by atoms with Gasteiger partial charge in [-0.25, -0.2) is 4.98 Å². The number of carbonyl (C=O) groups excluding carboxylic acids is 1. The molecule has 0 unspecified atom stereocenters. The third-order valence-electron chi connectivity index (χ3n) is 3.93. The predicted octanol–water partition coefficient (Wildman–Crippen LogP) is 4.71. The van der Waals surface area contributed by atoms with Gasteiger partial charge in [0.25, 0.3) is 0 Å². The molecule has 1 N–H and O–H groups in total. The number of carbonyl (C=O) groups is 1. The van der Waals surface area contributed by atoms with Crippen molar-refractivity contribution in [2.24, 2.45) is 0 Å². The summed E-state index contributed by atoms with van der Waals surface area (Å²) in [5, 5.41) is 3.61. The summed E-state index contributed by atoms with van der Waals surface area (Å²) >= 11 is 1.53. The lowest BCUT2D eigenvalue weighted by molar-refractivity contribution is -0.115. The predicted molar refractivity (Wildman–Crippen MR) is 97.3 cm³/mol. The van der Waals surface area contributed by atoms with Crippen LogP contribution < -0.4 is 5.32 Å². The van der Waals surface area contributed by atoms with E-state index in [1.54, 1.807) is 0 Å². The summed E-state index contributed by atoms with van der Waals surface area (Å²) in [6.07, 6.45) is 0.376. The van der Waals surface area contributed by atoms with Gasteiger partial charge in [-0.15, -0.1) is 0 Å². The first-order chi connectivity index (χ1) is 10.9. The third-order valence-corrected chi connectivity index (χ3v) is 4.85. The van der Waals surface area contributed by atoms with Gasteiger partial charge in [-0.3, -0.25) is 4.79 Å². The molecule has 2 aromatic carbocycles. The van der Waals surface area contributed by atoms with E-state index < -0.39 is 0 Å². The second-order valence-corrected chi connectivity index (χ2v) is 7.13. The van der Waals surface area contributed by atoms with Crippen molar-refractivity contribution in [3.05, 3.63) is 58.1 Å². The van der Waals surface area contributed by atoms with Crippen LogP contribution in [0.2, 0.25) is 0 Å². The Labute approximate surface area is 140 Å². The molecule has 0 aliphatic rings. The van der Waals surface area contributed by atoms with Crippen molar-refractivity contribution in [2.45, 2.75) is 34.1 Å². The van der Waals surface area contributed by atoms with E-state index in [9.17, 15) is 4.79 Å². The Morgan fingerprint density at radius 2 is 1.83 bits per heavy atom. The second kappa shape index (κ2) is 6.13. The number of nitrogens with one attached hydrogen (secondary N) is 1. The average Bonchev–Trinajstić information content (AvgIpc) is 2.85. The molecule has 0 saturated heterocycles. The fourth-order valence-corrected chi connectivity index (χ4v) is 3.81. The molecule has 0 spiro atoms. The van der Waals surface area contributed by atoms with E-state index >= 15 is 0 Å². The molecule has 23 heavy (non-hydrogen) atoms. The number of amides is 1. The van der Waals surface area contributed by atoms with Gasteiger partial charge in [0, 0.05) is 0 Å². The smallest absolute Gasteiger partial charge is 0.230 e. The number of fused-ring (bicyclic) bond motifs is 1. The molecule has 0 aliphatic heterocycles. The highest BCUT2D eigenvalue weighted by Gasteiger charge is 2.11. The van der Waals surface area contributed by atoms with Gasteiger partial charge in [0.2, 0.25) is 5.91 Å². The highest BCUT2D eigenvalue weighted by molar-refractivity contribution is 7.22. The lowest BCUT2D eigenvalue weighted by Gasteiger charge is -2.06. The molecule has 3 aromatic rings. The van der Waals surface area contributed by atoms with E-state index in [4.69, 9.17) is 0 Å². The number of rotatable bonds is 3. The number of benzene rings is 2. The van der Waals surface area contributed by atoms with E-state index in [-0.39, 0.29) is 5.91 Å². The molecule has 1 heterocycles. The third kappa shape index (κ3) is 3.42. The molecular formula is C19H20N2OS. The Hall–Kier alpha value is -2.20. The first-order valence-electron chi connectivity index (χ1n) is 7.66. The van der Waals surface area contributed by atoms with Gasteiger partial charge in [0.1, 0.15) is 0 Å². The van der Waals surface area contributed by atoms with Crippen LogP contribution in [0.25, 0.3) is 10.2 Å². The maximum atomic E-state index is 12.3. The largest absolute Gasteiger partial charge is 0.302 e. The zero-order valence-corrected chi connectivity index (χ0v) is 14.7. The average molecular weight is 324 g/mol. The number of aryl methyl sites for hydroxylation is 4. The monoisotopic (exact) mass is 324 g/mol. The van der Waals surface area contributed by atoms with Crippen LogP contribution in [0.4, 0.5) is 5.13 Å². The molecule has 4 heteroatoms. The summed E-state index contributed by atoms with van der Waals surface area (Å²) in [6, 6.07) is 10.4. The zero-order chi connectivity index (χ0) is 16.6. The lowest BCUT2D eigenvalue weighted by Crippen LogP contribution is -2.14. The molecule has 0 bridgehead atoms. The zero-order valence-electron chi connectivity index (χ0n) is 13.9. The van der Waals surface area contributed by atoms with Crippen molar-refractivity contribution >= 4 is 32.6 Å². The minimum atomic E-state index is -0.0212. The van der Waals surface area contributed by atoms with E-state index in [1.165, 1.54) is 22.5 Å². The molecule has 3 rings (SSSR count). The van der Waals surface area contributed by atoms with Crippen LogP contribution in [0.5, 0.6) is 0 Å². The van der Waals surface area contributed by atoms with Crippen molar-refractivity contribution in [2.75, 3.05) is 5.32 Å². The standard InChI is InChI=1S/C19H20N2OS/c1-11-5-6-13(3)15(8-11)10-17(22)20-19-21-18-14(4)7-12(2)9-16(18)23-19/h5-9H,10H2,1-4H3,(H,20,21,22). The minimum Gasteiger partial charge on any atom is -0.302 e. The first kappa shape index (κ1) is 15.7. The molecule has 0 aliphatic carbocycles. The quantitative estimate of drug-likeness (QED) is 0.758. The number of thiazole rings is 1. The van der Waals surface area contributed by atoms with Crippen LogP contribution >= 0.6 is 11.3 Å². The van der Waals surface area contributed by atoms with Gasteiger partial charge in [-0.1, -0.05) is 41.2 Å². The number of aromatic nitrogens is 1. The Bertz CT molecular complexity index is 896. The van der Waals surface area contributed by atoms with Gasteiger partial charge in [-0.05, 0) is 56.0 Å². The molecule has 0 radical (unpaired) electrons. The maximum absolute atomic E-state index is 12.3. The Balaban J connectivity index is 1.80. The van der Waals surface area contributed by atoms with Gasteiger partial charge >= 0.3 is 0 Å². The van der Waals surface area contributed by atoms with Crippen molar-refractivity contribution in [1.82, 2.24) is 4.98 Å². The van der Waals surface area contributed by atoms with E-state index in [2.05, 4.69) is 54.5 Å². The molecule has 1 amide bonds. The second-order valence-electron chi connectivity index (χ2n) is 6.10. The molecule has 0 fully saturated rings. The Kier molecular flexibility index (Phi) is 4.18. The summed E-state index contributed by atoms with van der Waals surface area (Å²) in [5.74, 6) is -0.0212. The van der Waals surface area contributed by atoms with Crippen LogP contribution in [0.15, 0.2) is 30.3 Å². The number of nitrogens with zero attached hydrogens (tertiary/aromatic N) is 1. The van der Waals surface area contributed by atoms with Crippen LogP contribution in [0, 0.1) is 27.7 Å². The van der Waals surface area contributed by atoms with E-state index in [0.29, 0.717) is 11.6 Å². The maximum Gasteiger partial charge on any atom is 0.230 e. The van der Waals surface area contributed by atoms with Crippen LogP contribution in [-0.4, -0.2) is 10.9 Å². The lowest BCUT2D eigenvalue weighted by atomic mass is 10.0. The van der Waals surface area contributed by atoms with E-state index in [0.717, 1.165) is 26.9 Å². The molecule has 0 saturated carbocycles. The molecule has 1 aromatic heterocycles. The van der Waals surface area contributed by atoms with Crippen LogP contribution in [0.1, 0.15) is 27.8 Å². The normalized spacial score (nSPS) is 11.0. The summed E-state index contributed by atoms with van der Waals surface area (Å²) in [7, 11) is 0. The topological polar surface area (TPSA) is 42.0 Å². The van der Waals surface area contributed by atoms with Crippen molar-refractivity contribution in [1.29, 1.82) is 0 Å². The molecule has 0 atom stereocenters. The van der Waals surface area contributed by atoms with E-state index in [1.807, 2.05) is 13.8 Å². The van der Waals surface area contributed by atoms with Gasteiger partial charge < -0.3 is 5.32 Å². The van der Waals surface area contributed by atoms with Crippen molar-refractivity contribution < 1.29 is 4.79 Å². The number of anilines is 1.